The fourth-order valence-electron chi connectivity index (χ4n) is 1.74. The molecule has 108 valence electrons. The third-order valence-corrected chi connectivity index (χ3v) is 4.71. The van der Waals surface area contributed by atoms with Crippen molar-refractivity contribution in [3.8, 4) is 0 Å². The lowest BCUT2D eigenvalue weighted by Gasteiger charge is -2.06. The quantitative estimate of drug-likeness (QED) is 0.683. The van der Waals surface area contributed by atoms with Crippen molar-refractivity contribution in [2.45, 2.75) is 23.4 Å². The summed E-state index contributed by atoms with van der Waals surface area (Å²) in [6.45, 7) is 2.98. The zero-order valence-corrected chi connectivity index (χ0v) is 13.7. The molecule has 0 atom stereocenters. The molecule has 0 saturated heterocycles. The average Bonchev–Trinajstić information content (AvgIpc) is 2.96. The maximum absolute atomic E-state index is 5.87. The van der Waals surface area contributed by atoms with Crippen LogP contribution in [0.5, 0.6) is 0 Å². The maximum atomic E-state index is 5.87. The second-order valence-corrected chi connectivity index (χ2v) is 6.68. The van der Waals surface area contributed by atoms with E-state index in [0.717, 1.165) is 33.2 Å². The average molecular weight is 337 g/mol. The van der Waals surface area contributed by atoms with Gasteiger partial charge in [-0.25, -0.2) is 15.0 Å². The number of nitrogens with one attached hydrogen (secondary N) is 1. The van der Waals surface area contributed by atoms with E-state index in [4.69, 9.17) is 11.6 Å². The van der Waals surface area contributed by atoms with E-state index in [-0.39, 0.29) is 0 Å². The van der Waals surface area contributed by atoms with Crippen molar-refractivity contribution in [3.05, 3.63) is 34.8 Å². The normalized spacial score (nSPS) is 11.0. The fourth-order valence-corrected chi connectivity index (χ4v) is 3.53. The Morgan fingerprint density at radius 2 is 2.19 bits per heavy atom. The highest BCUT2D eigenvalue weighted by Crippen LogP contribution is 2.33. The Kier molecular flexibility index (Phi) is 4.57. The largest absolute Gasteiger partial charge is 0.354 e. The number of pyridine rings is 1. The zero-order valence-electron chi connectivity index (χ0n) is 11.3. The Bertz CT molecular complexity index is 742. The van der Waals surface area contributed by atoms with Crippen LogP contribution in [0.1, 0.15) is 13.3 Å². The summed E-state index contributed by atoms with van der Waals surface area (Å²) in [5.41, 5.74) is 0. The Morgan fingerprint density at radius 3 is 2.95 bits per heavy atom. The van der Waals surface area contributed by atoms with E-state index in [9.17, 15) is 0 Å². The molecular formula is C14H13ClN4S2. The van der Waals surface area contributed by atoms with Crippen LogP contribution in [0.15, 0.2) is 39.8 Å². The summed E-state index contributed by atoms with van der Waals surface area (Å²) >= 11 is 9.01. The van der Waals surface area contributed by atoms with Crippen molar-refractivity contribution >= 4 is 50.9 Å². The van der Waals surface area contributed by atoms with Crippen LogP contribution in [-0.4, -0.2) is 21.5 Å². The first kappa shape index (κ1) is 14.6. The fraction of sp³-hybridized carbons (Fsp3) is 0.214. The molecule has 0 spiro atoms. The van der Waals surface area contributed by atoms with Crippen LogP contribution >= 0.6 is 34.7 Å². The Hall–Kier alpha value is -1.37. The summed E-state index contributed by atoms with van der Waals surface area (Å²) in [5.74, 6) is 0.670. The van der Waals surface area contributed by atoms with Gasteiger partial charge in [-0.1, -0.05) is 18.5 Å². The molecule has 3 heterocycles. The lowest BCUT2D eigenvalue weighted by Crippen LogP contribution is -2.04. The lowest BCUT2D eigenvalue weighted by molar-refractivity contribution is 0.946. The Morgan fingerprint density at radius 1 is 1.29 bits per heavy atom. The highest BCUT2D eigenvalue weighted by molar-refractivity contribution is 7.99. The summed E-state index contributed by atoms with van der Waals surface area (Å²) in [6.07, 6.45) is 2.68. The standard InChI is InChI=1S/C14H13ClN4S2/c1-2-6-16-14-18-12-10(5-7-20-12)13(19-14)21-11-4-3-9(15)8-17-11/h3-5,7-8H,2,6H2,1H3,(H,16,18,19). The molecular weight excluding hydrogens is 324 g/mol. The topological polar surface area (TPSA) is 50.7 Å². The molecule has 0 amide bonds. The summed E-state index contributed by atoms with van der Waals surface area (Å²) in [7, 11) is 0. The van der Waals surface area contributed by atoms with Gasteiger partial charge < -0.3 is 5.32 Å². The molecule has 1 N–H and O–H groups in total. The first-order valence-corrected chi connectivity index (χ1v) is 8.62. The molecule has 0 aliphatic heterocycles. The van der Waals surface area contributed by atoms with Gasteiger partial charge in [-0.2, -0.15) is 0 Å². The van der Waals surface area contributed by atoms with Gasteiger partial charge in [0.2, 0.25) is 5.95 Å². The third kappa shape index (κ3) is 3.45. The van der Waals surface area contributed by atoms with Crippen molar-refractivity contribution in [1.82, 2.24) is 15.0 Å². The predicted molar refractivity (Wildman–Crippen MR) is 89.6 cm³/mol. The predicted octanol–water partition coefficient (Wildman–Crippen LogP) is 4.71. The van der Waals surface area contributed by atoms with Gasteiger partial charge in [-0.3, -0.25) is 0 Å². The summed E-state index contributed by atoms with van der Waals surface area (Å²) in [6, 6.07) is 5.77. The van der Waals surface area contributed by atoms with Gasteiger partial charge >= 0.3 is 0 Å². The molecule has 0 aliphatic rings. The van der Waals surface area contributed by atoms with Crippen molar-refractivity contribution < 1.29 is 0 Å². The van der Waals surface area contributed by atoms with Crippen molar-refractivity contribution in [3.63, 3.8) is 0 Å². The second kappa shape index (κ2) is 6.60. The number of thiophene rings is 1. The SMILES string of the molecule is CCCNc1nc(Sc2ccc(Cl)cn2)c2ccsc2n1. The molecule has 0 saturated carbocycles. The molecule has 0 radical (unpaired) electrons. The van der Waals surface area contributed by atoms with Gasteiger partial charge in [0, 0.05) is 18.1 Å². The second-order valence-electron chi connectivity index (χ2n) is 4.34. The van der Waals surface area contributed by atoms with E-state index >= 15 is 0 Å². The molecule has 21 heavy (non-hydrogen) atoms. The number of halogens is 1. The number of anilines is 1. The van der Waals surface area contributed by atoms with E-state index in [1.807, 2.05) is 23.6 Å². The third-order valence-electron chi connectivity index (χ3n) is 2.72. The monoisotopic (exact) mass is 336 g/mol. The van der Waals surface area contributed by atoms with Crippen LogP contribution in [0.25, 0.3) is 10.2 Å². The van der Waals surface area contributed by atoms with Crippen molar-refractivity contribution in [1.29, 1.82) is 0 Å². The van der Waals surface area contributed by atoms with Crippen LogP contribution in [-0.2, 0) is 0 Å². The van der Waals surface area contributed by atoms with Crippen molar-refractivity contribution in [2.75, 3.05) is 11.9 Å². The molecule has 3 rings (SSSR count). The number of fused-ring (bicyclic) bond motifs is 1. The minimum absolute atomic E-state index is 0.632. The molecule has 7 heteroatoms. The van der Waals surface area contributed by atoms with E-state index < -0.39 is 0 Å². The molecule has 3 aromatic heterocycles. The minimum Gasteiger partial charge on any atom is -0.354 e. The van der Waals surface area contributed by atoms with E-state index in [1.165, 1.54) is 11.8 Å². The maximum Gasteiger partial charge on any atom is 0.225 e. The summed E-state index contributed by atoms with van der Waals surface area (Å²) in [4.78, 5) is 14.4. The molecule has 0 fully saturated rings. The van der Waals surface area contributed by atoms with E-state index in [2.05, 4.69) is 27.2 Å². The molecule has 3 aromatic rings. The summed E-state index contributed by atoms with van der Waals surface area (Å²) in [5, 5.41) is 8.74. The number of rotatable bonds is 5. The molecule has 0 unspecified atom stereocenters. The van der Waals surface area contributed by atoms with Gasteiger partial charge in [0.25, 0.3) is 0 Å². The first-order chi connectivity index (χ1) is 10.3. The number of hydrogen-bond acceptors (Lipinski definition) is 6. The smallest absolute Gasteiger partial charge is 0.225 e. The van der Waals surface area contributed by atoms with Gasteiger partial charge in [0.05, 0.1) is 5.02 Å². The molecule has 0 bridgehead atoms. The lowest BCUT2D eigenvalue weighted by atomic mass is 10.4. The van der Waals surface area contributed by atoms with Crippen LogP contribution in [0.4, 0.5) is 5.95 Å². The first-order valence-electron chi connectivity index (χ1n) is 6.55. The van der Waals surface area contributed by atoms with Crippen LogP contribution in [0, 0.1) is 0 Å². The number of nitrogens with zero attached hydrogens (tertiary/aromatic N) is 3. The Labute approximate surface area is 136 Å². The van der Waals surface area contributed by atoms with Gasteiger partial charge in [0.1, 0.15) is 14.9 Å². The van der Waals surface area contributed by atoms with Gasteiger partial charge in [0.15, 0.2) is 0 Å². The van der Waals surface area contributed by atoms with Gasteiger partial charge in [-0.15, -0.1) is 11.3 Å². The highest BCUT2D eigenvalue weighted by Gasteiger charge is 2.11. The van der Waals surface area contributed by atoms with E-state index in [1.54, 1.807) is 17.5 Å². The molecule has 0 aromatic carbocycles. The highest BCUT2D eigenvalue weighted by atomic mass is 35.5. The van der Waals surface area contributed by atoms with Crippen LogP contribution < -0.4 is 5.32 Å². The minimum atomic E-state index is 0.632. The summed E-state index contributed by atoms with van der Waals surface area (Å²) < 4.78 is 0. The van der Waals surface area contributed by atoms with Crippen LogP contribution in [0.3, 0.4) is 0 Å². The van der Waals surface area contributed by atoms with Crippen molar-refractivity contribution in [2.24, 2.45) is 0 Å². The zero-order chi connectivity index (χ0) is 14.7. The molecule has 0 aliphatic carbocycles. The van der Waals surface area contributed by atoms with Crippen LogP contribution in [0.2, 0.25) is 5.02 Å². The van der Waals surface area contributed by atoms with E-state index in [0.29, 0.717) is 11.0 Å². The van der Waals surface area contributed by atoms with Gasteiger partial charge in [-0.05, 0) is 41.8 Å². The Balaban J connectivity index is 1.95. The number of hydrogen-bond donors (Lipinski definition) is 1. The molecule has 4 nitrogen and oxygen atoms in total. The number of aromatic nitrogens is 3.